The molecule has 3 atom stereocenters. The summed E-state index contributed by atoms with van der Waals surface area (Å²) in [5.74, 6) is -0.702. The average Bonchev–Trinajstić information content (AvgIpc) is 3.22. The van der Waals surface area contributed by atoms with Gasteiger partial charge in [0.1, 0.15) is 6.04 Å². The van der Waals surface area contributed by atoms with Gasteiger partial charge in [-0.3, -0.25) is 24.5 Å². The number of carbonyl (C=O) groups is 4. The molecule has 1 saturated carbocycles. The van der Waals surface area contributed by atoms with Crippen LogP contribution in [0.2, 0.25) is 0 Å². The predicted molar refractivity (Wildman–Crippen MR) is 116 cm³/mol. The molecule has 3 unspecified atom stereocenters. The lowest BCUT2D eigenvalue weighted by molar-refractivity contribution is -0.136. The van der Waals surface area contributed by atoms with E-state index >= 15 is 0 Å². The summed E-state index contributed by atoms with van der Waals surface area (Å²) in [5.41, 5.74) is 2.04. The highest BCUT2D eigenvalue weighted by molar-refractivity contribution is 6.05. The zero-order valence-corrected chi connectivity index (χ0v) is 18.4. The number of rotatable bonds is 5. The van der Waals surface area contributed by atoms with E-state index in [1.165, 1.54) is 28.6 Å². The van der Waals surface area contributed by atoms with Crippen LogP contribution in [-0.4, -0.2) is 68.3 Å². The number of hydrogen-bond acceptors (Lipinski definition) is 7. The maximum absolute atomic E-state index is 13.0. The van der Waals surface area contributed by atoms with Crippen LogP contribution in [0.15, 0.2) is 24.4 Å². The molecule has 3 aliphatic heterocycles. The summed E-state index contributed by atoms with van der Waals surface area (Å²) in [5, 5.41) is 13.3. The van der Waals surface area contributed by atoms with Crippen LogP contribution in [0.1, 0.15) is 58.5 Å². The van der Waals surface area contributed by atoms with Crippen LogP contribution in [0.25, 0.3) is 5.69 Å². The van der Waals surface area contributed by atoms with E-state index in [4.69, 9.17) is 4.74 Å². The van der Waals surface area contributed by atoms with Crippen molar-refractivity contribution in [1.82, 2.24) is 30.5 Å². The fourth-order valence-electron chi connectivity index (χ4n) is 4.99. The number of carbonyl (C=O) groups excluding carboxylic acids is 4. The van der Waals surface area contributed by atoms with E-state index in [1.54, 1.807) is 12.1 Å². The molecule has 34 heavy (non-hydrogen) atoms. The average molecular weight is 464 g/mol. The summed E-state index contributed by atoms with van der Waals surface area (Å²) in [4.78, 5) is 50.8. The second-order valence-electron chi connectivity index (χ2n) is 9.41. The summed E-state index contributed by atoms with van der Waals surface area (Å²) in [6, 6.07) is 4.59. The predicted octanol–water partition coefficient (Wildman–Crippen LogP) is 0.326. The first-order valence-electron chi connectivity index (χ1n) is 11.6. The lowest BCUT2D eigenvalue weighted by Gasteiger charge is -2.29. The number of imide groups is 1. The molecular formula is C23H24N6O5. The summed E-state index contributed by atoms with van der Waals surface area (Å²) >= 11 is 0. The van der Waals surface area contributed by atoms with Gasteiger partial charge in [-0.15, -0.1) is 5.10 Å². The summed E-state index contributed by atoms with van der Waals surface area (Å²) < 4.78 is 7.24. The molecule has 4 amide bonds. The van der Waals surface area contributed by atoms with Crippen molar-refractivity contribution < 1.29 is 23.9 Å². The second-order valence-corrected chi connectivity index (χ2v) is 9.41. The van der Waals surface area contributed by atoms with Gasteiger partial charge in [0.15, 0.2) is 5.69 Å². The number of ether oxygens (including phenoxy) is 1. The highest BCUT2D eigenvalue weighted by Crippen LogP contribution is 2.38. The smallest absolute Gasteiger partial charge is 0.273 e. The Morgan fingerprint density at radius 2 is 2.03 bits per heavy atom. The first-order valence-corrected chi connectivity index (χ1v) is 11.6. The van der Waals surface area contributed by atoms with Crippen LogP contribution >= 0.6 is 0 Å². The van der Waals surface area contributed by atoms with E-state index in [-0.39, 0.29) is 42.0 Å². The molecule has 4 heterocycles. The third kappa shape index (κ3) is 3.75. The highest BCUT2D eigenvalue weighted by atomic mass is 16.5. The van der Waals surface area contributed by atoms with Crippen LogP contribution in [-0.2, 0) is 20.9 Å². The minimum Gasteiger partial charge on any atom is -0.376 e. The topological polar surface area (TPSA) is 136 Å². The summed E-state index contributed by atoms with van der Waals surface area (Å²) in [6.07, 6.45) is 5.52. The first kappa shape index (κ1) is 21.0. The Hall–Kier alpha value is -3.60. The van der Waals surface area contributed by atoms with Crippen molar-refractivity contribution in [1.29, 1.82) is 0 Å². The Labute approximate surface area is 194 Å². The molecule has 0 spiro atoms. The van der Waals surface area contributed by atoms with Gasteiger partial charge in [-0.1, -0.05) is 11.3 Å². The molecule has 2 saturated heterocycles. The van der Waals surface area contributed by atoms with E-state index in [1.807, 2.05) is 6.07 Å². The number of aromatic nitrogens is 3. The standard InChI is InChI=1S/C23H24N6O5/c30-20-6-5-18(22(32)25-20)28-9-13-3-4-15(8-16(13)23(28)33)29-10-17(26-27-29)21(31)24-14-7-19(34-11-14)12-1-2-12/h3-4,8,10,12,14,18-19H,1-2,5-7,9,11H2,(H,24,31)(H,25,30,32). The Bertz CT molecular complexity index is 1200. The van der Waals surface area contributed by atoms with E-state index in [2.05, 4.69) is 20.9 Å². The Morgan fingerprint density at radius 1 is 1.18 bits per heavy atom. The number of piperidine rings is 1. The van der Waals surface area contributed by atoms with E-state index in [0.29, 0.717) is 36.7 Å². The van der Waals surface area contributed by atoms with Crippen LogP contribution in [0, 0.1) is 5.92 Å². The molecule has 2 aromatic rings. The number of amides is 4. The van der Waals surface area contributed by atoms with Gasteiger partial charge in [-0.25, -0.2) is 4.68 Å². The van der Waals surface area contributed by atoms with Gasteiger partial charge in [-0.2, -0.15) is 0 Å². The number of benzene rings is 1. The molecular weight excluding hydrogens is 440 g/mol. The minimum atomic E-state index is -0.665. The van der Waals surface area contributed by atoms with Gasteiger partial charge in [0, 0.05) is 18.5 Å². The quantitative estimate of drug-likeness (QED) is 0.609. The maximum atomic E-state index is 13.0. The largest absolute Gasteiger partial charge is 0.376 e. The van der Waals surface area contributed by atoms with Crippen LogP contribution < -0.4 is 10.6 Å². The molecule has 3 fully saturated rings. The lowest BCUT2D eigenvalue weighted by Crippen LogP contribution is -2.52. The zero-order valence-electron chi connectivity index (χ0n) is 18.4. The van der Waals surface area contributed by atoms with E-state index < -0.39 is 11.9 Å². The summed E-state index contributed by atoms with van der Waals surface area (Å²) in [7, 11) is 0. The fraction of sp³-hybridized carbons (Fsp3) is 0.478. The van der Waals surface area contributed by atoms with Crippen molar-refractivity contribution in [2.75, 3.05) is 6.61 Å². The molecule has 0 radical (unpaired) electrons. The van der Waals surface area contributed by atoms with Gasteiger partial charge in [0.25, 0.3) is 11.8 Å². The minimum absolute atomic E-state index is 0.0286. The van der Waals surface area contributed by atoms with Crippen molar-refractivity contribution in [2.45, 2.75) is 56.8 Å². The Morgan fingerprint density at radius 3 is 2.82 bits per heavy atom. The molecule has 2 N–H and O–H groups in total. The normalized spacial score (nSPS) is 26.5. The lowest BCUT2D eigenvalue weighted by atomic mass is 10.0. The van der Waals surface area contributed by atoms with Gasteiger partial charge in [0.05, 0.1) is 30.6 Å². The van der Waals surface area contributed by atoms with Gasteiger partial charge in [-0.05, 0) is 49.3 Å². The number of nitrogens with one attached hydrogen (secondary N) is 2. The fourth-order valence-corrected chi connectivity index (χ4v) is 4.99. The Balaban J connectivity index is 1.14. The number of nitrogens with zero attached hydrogens (tertiary/aromatic N) is 4. The van der Waals surface area contributed by atoms with Gasteiger partial charge >= 0.3 is 0 Å². The van der Waals surface area contributed by atoms with Crippen molar-refractivity contribution in [2.24, 2.45) is 5.92 Å². The maximum Gasteiger partial charge on any atom is 0.273 e. The molecule has 1 aromatic heterocycles. The highest BCUT2D eigenvalue weighted by Gasteiger charge is 2.40. The number of fused-ring (bicyclic) bond motifs is 1. The third-order valence-electron chi connectivity index (χ3n) is 7.01. The van der Waals surface area contributed by atoms with Gasteiger partial charge in [0.2, 0.25) is 11.8 Å². The SMILES string of the molecule is O=C1CCC(N2Cc3ccc(-n4cc(C(=O)NC5COC(C6CC6)C5)nn4)cc3C2=O)C(=O)N1. The second kappa shape index (κ2) is 8.01. The summed E-state index contributed by atoms with van der Waals surface area (Å²) in [6.45, 7) is 0.814. The molecule has 6 rings (SSSR count). The molecule has 11 nitrogen and oxygen atoms in total. The van der Waals surface area contributed by atoms with Crippen LogP contribution in [0.5, 0.6) is 0 Å². The van der Waals surface area contributed by atoms with Crippen LogP contribution in [0.4, 0.5) is 0 Å². The van der Waals surface area contributed by atoms with E-state index in [0.717, 1.165) is 12.0 Å². The first-order chi connectivity index (χ1) is 16.5. The monoisotopic (exact) mass is 464 g/mol. The number of hydrogen-bond donors (Lipinski definition) is 2. The molecule has 1 aliphatic carbocycles. The molecule has 4 aliphatic rings. The zero-order chi connectivity index (χ0) is 23.4. The van der Waals surface area contributed by atoms with Gasteiger partial charge < -0.3 is 15.0 Å². The molecule has 0 bridgehead atoms. The molecule has 1 aromatic carbocycles. The van der Waals surface area contributed by atoms with Crippen molar-refractivity contribution in [3.63, 3.8) is 0 Å². The van der Waals surface area contributed by atoms with Crippen molar-refractivity contribution >= 4 is 23.6 Å². The van der Waals surface area contributed by atoms with Crippen LogP contribution in [0.3, 0.4) is 0 Å². The van der Waals surface area contributed by atoms with E-state index in [9.17, 15) is 19.2 Å². The van der Waals surface area contributed by atoms with Crippen molar-refractivity contribution in [3.8, 4) is 5.69 Å². The molecule has 11 heteroatoms. The third-order valence-corrected chi connectivity index (χ3v) is 7.01. The Kier molecular flexibility index (Phi) is 4.94. The molecule has 176 valence electrons. The van der Waals surface area contributed by atoms with Crippen molar-refractivity contribution in [3.05, 3.63) is 41.2 Å².